The minimum absolute atomic E-state index is 0.0540. The van der Waals surface area contributed by atoms with E-state index in [0.29, 0.717) is 19.4 Å². The number of hydrogen-bond donors (Lipinski definition) is 1. The van der Waals surface area contributed by atoms with Gasteiger partial charge < -0.3 is 14.8 Å². The Morgan fingerprint density at radius 3 is 2.45 bits per heavy atom. The van der Waals surface area contributed by atoms with Crippen molar-refractivity contribution in [3.63, 3.8) is 0 Å². The third-order valence-electron chi connectivity index (χ3n) is 7.36. The molecule has 15 heteroatoms. The van der Waals surface area contributed by atoms with Crippen molar-refractivity contribution in [1.82, 2.24) is 15.2 Å². The van der Waals surface area contributed by atoms with E-state index in [1.165, 1.54) is 31.6 Å². The molecule has 1 N–H and O–H groups in total. The summed E-state index contributed by atoms with van der Waals surface area (Å²) in [6.07, 6.45) is 5.16. The summed E-state index contributed by atoms with van der Waals surface area (Å²) >= 11 is 0. The number of nitrogens with zero attached hydrogens (tertiary/aromatic N) is 4. The third kappa shape index (κ3) is 7.11. The van der Waals surface area contributed by atoms with Crippen molar-refractivity contribution in [2.75, 3.05) is 25.2 Å². The van der Waals surface area contributed by atoms with Crippen LogP contribution >= 0.6 is 10.2 Å². The first kappa shape index (κ1) is 31.5. The fourth-order valence-electron chi connectivity index (χ4n) is 5.33. The van der Waals surface area contributed by atoms with Crippen LogP contribution in [0.2, 0.25) is 0 Å². The van der Waals surface area contributed by atoms with E-state index in [-0.39, 0.29) is 42.4 Å². The van der Waals surface area contributed by atoms with Crippen LogP contribution in [-0.4, -0.2) is 65.7 Å². The van der Waals surface area contributed by atoms with Crippen molar-refractivity contribution in [2.45, 2.75) is 67.8 Å². The van der Waals surface area contributed by atoms with Crippen LogP contribution in [0.15, 0.2) is 53.7 Å². The SMILES string of the molecule is CO[C@@H]1C[C@H](C(=O)N(c2ccc(S(F)(F)(F)(F)F)cc2)[C@@H](C(=O)NC2CCOC(C)(C)C2)c2cccnc2)N(C#N)C1. The lowest BCUT2D eigenvalue weighted by Gasteiger charge is -2.41. The number of methoxy groups -OCH3 is 1. The number of pyridine rings is 1. The van der Waals surface area contributed by atoms with Gasteiger partial charge in [0.15, 0.2) is 6.19 Å². The van der Waals surface area contributed by atoms with Crippen LogP contribution in [0, 0.1) is 11.5 Å². The Morgan fingerprint density at radius 2 is 1.90 bits per heavy atom. The van der Waals surface area contributed by atoms with E-state index in [1.807, 2.05) is 20.0 Å². The van der Waals surface area contributed by atoms with Gasteiger partial charge in [0.25, 0.3) is 5.91 Å². The minimum atomic E-state index is -10.0. The lowest BCUT2D eigenvalue weighted by atomic mass is 9.93. The van der Waals surface area contributed by atoms with Gasteiger partial charge in [-0.05, 0) is 57.0 Å². The van der Waals surface area contributed by atoms with Crippen molar-refractivity contribution in [3.05, 3.63) is 54.4 Å². The monoisotopic (exact) mass is 617 g/mol. The molecular weight excluding hydrogens is 585 g/mol. The topological polar surface area (TPSA) is 108 Å². The van der Waals surface area contributed by atoms with Crippen molar-refractivity contribution in [2.24, 2.45) is 0 Å². The van der Waals surface area contributed by atoms with Gasteiger partial charge in [0.1, 0.15) is 17.0 Å². The van der Waals surface area contributed by atoms with E-state index in [0.717, 1.165) is 21.9 Å². The number of carbonyl (C=O) groups excluding carboxylic acids is 2. The van der Waals surface area contributed by atoms with Crippen LogP contribution in [0.5, 0.6) is 0 Å². The summed E-state index contributed by atoms with van der Waals surface area (Å²) in [4.78, 5) is 32.2. The summed E-state index contributed by atoms with van der Waals surface area (Å²) in [5.41, 5.74) is -0.569. The molecule has 2 aliphatic rings. The van der Waals surface area contributed by atoms with Crippen LogP contribution in [0.3, 0.4) is 0 Å². The first-order valence-electron chi connectivity index (χ1n) is 13.1. The van der Waals surface area contributed by atoms with Crippen molar-refractivity contribution in [3.8, 4) is 6.19 Å². The number of aromatic nitrogens is 1. The average molecular weight is 618 g/mol. The van der Waals surface area contributed by atoms with Crippen molar-refractivity contribution < 1.29 is 38.5 Å². The second-order valence-corrected chi connectivity index (χ2v) is 13.4. The Kier molecular flexibility index (Phi) is 7.98. The van der Waals surface area contributed by atoms with Gasteiger partial charge >= 0.3 is 10.2 Å². The predicted molar refractivity (Wildman–Crippen MR) is 145 cm³/mol. The van der Waals surface area contributed by atoms with Gasteiger partial charge in [-0.2, -0.15) is 5.26 Å². The summed E-state index contributed by atoms with van der Waals surface area (Å²) in [6.45, 7) is 4.17. The van der Waals surface area contributed by atoms with E-state index < -0.39 is 50.7 Å². The number of likely N-dealkylation sites (tertiary alicyclic amines) is 1. The first-order chi connectivity index (χ1) is 19.4. The second kappa shape index (κ2) is 10.7. The maximum Gasteiger partial charge on any atom is 0.310 e. The number of halogens is 5. The molecule has 2 aliphatic heterocycles. The highest BCUT2D eigenvalue weighted by molar-refractivity contribution is 8.45. The van der Waals surface area contributed by atoms with Crippen LogP contribution in [0.25, 0.3) is 0 Å². The molecule has 2 aromatic rings. The Hall–Kier alpha value is -3.48. The summed E-state index contributed by atoms with van der Waals surface area (Å²) in [7, 11) is -8.62. The average Bonchev–Trinajstić information content (AvgIpc) is 3.34. The summed E-state index contributed by atoms with van der Waals surface area (Å²) in [5, 5.41) is 12.6. The zero-order valence-electron chi connectivity index (χ0n) is 23.2. The van der Waals surface area contributed by atoms with Crippen molar-refractivity contribution >= 4 is 27.7 Å². The molecule has 2 amide bonds. The molecule has 0 radical (unpaired) electrons. The Morgan fingerprint density at radius 1 is 1.21 bits per heavy atom. The highest BCUT2D eigenvalue weighted by Crippen LogP contribution is 3.02. The van der Waals surface area contributed by atoms with Gasteiger partial charge in [-0.15, -0.1) is 0 Å². The molecule has 230 valence electrons. The Balaban J connectivity index is 1.82. The molecule has 0 bridgehead atoms. The second-order valence-electron chi connectivity index (χ2n) is 11.0. The molecular formula is C27H32F5N5O4S. The summed E-state index contributed by atoms with van der Waals surface area (Å²) in [5.74, 6) is -1.46. The highest BCUT2D eigenvalue weighted by atomic mass is 32.5. The number of amides is 2. The normalized spacial score (nSPS) is 24.5. The lowest BCUT2D eigenvalue weighted by molar-refractivity contribution is -0.130. The molecule has 0 spiro atoms. The molecule has 9 nitrogen and oxygen atoms in total. The zero-order valence-corrected chi connectivity index (χ0v) is 24.0. The van der Waals surface area contributed by atoms with E-state index in [2.05, 4.69) is 10.3 Å². The third-order valence-corrected chi connectivity index (χ3v) is 8.52. The van der Waals surface area contributed by atoms with Crippen LogP contribution in [0.4, 0.5) is 25.1 Å². The molecule has 1 unspecified atom stereocenters. The number of carbonyl (C=O) groups is 2. The minimum Gasteiger partial charge on any atom is -0.379 e. The molecule has 2 saturated heterocycles. The molecule has 42 heavy (non-hydrogen) atoms. The maximum absolute atomic E-state index is 14.2. The molecule has 4 atom stereocenters. The summed E-state index contributed by atoms with van der Waals surface area (Å²) < 4.78 is 78.6. The fraction of sp³-hybridized carbons (Fsp3) is 0.481. The van der Waals surface area contributed by atoms with Crippen LogP contribution < -0.4 is 10.2 Å². The number of rotatable bonds is 8. The van der Waals surface area contributed by atoms with E-state index in [4.69, 9.17) is 9.47 Å². The number of hydrogen-bond acceptors (Lipinski definition) is 7. The summed E-state index contributed by atoms with van der Waals surface area (Å²) in [6, 6.07) is 1.89. The predicted octanol–water partition coefficient (Wildman–Crippen LogP) is 5.46. The lowest BCUT2D eigenvalue weighted by Crippen LogP contribution is -2.53. The molecule has 1 aromatic carbocycles. The Bertz CT molecular complexity index is 1360. The van der Waals surface area contributed by atoms with Gasteiger partial charge in [-0.3, -0.25) is 24.4 Å². The van der Waals surface area contributed by atoms with E-state index in [1.54, 1.807) is 0 Å². The van der Waals surface area contributed by atoms with Gasteiger partial charge in [0.05, 0.1) is 18.2 Å². The fourth-order valence-corrected chi connectivity index (χ4v) is 5.98. The Labute approximate surface area is 240 Å². The quantitative estimate of drug-likeness (QED) is 0.310. The highest BCUT2D eigenvalue weighted by Gasteiger charge is 2.65. The first-order valence-corrected chi connectivity index (χ1v) is 15.1. The number of benzene rings is 1. The van der Waals surface area contributed by atoms with Crippen LogP contribution in [0.1, 0.15) is 44.7 Å². The molecule has 0 saturated carbocycles. The van der Waals surface area contributed by atoms with E-state index >= 15 is 0 Å². The molecule has 4 rings (SSSR count). The zero-order chi connectivity index (χ0) is 31.0. The van der Waals surface area contributed by atoms with Gasteiger partial charge in [-0.25, -0.2) is 0 Å². The number of anilines is 1. The number of nitriles is 1. The van der Waals surface area contributed by atoms with Gasteiger partial charge in [-0.1, -0.05) is 25.5 Å². The molecule has 3 heterocycles. The molecule has 0 aliphatic carbocycles. The molecule has 1 aromatic heterocycles. The number of nitrogens with one attached hydrogen (secondary N) is 1. The maximum atomic E-state index is 14.2. The number of ether oxygens (including phenoxy) is 2. The van der Waals surface area contributed by atoms with Gasteiger partial charge in [0.2, 0.25) is 5.91 Å². The smallest absolute Gasteiger partial charge is 0.310 e. The van der Waals surface area contributed by atoms with Crippen LogP contribution in [-0.2, 0) is 19.1 Å². The van der Waals surface area contributed by atoms with E-state index in [9.17, 15) is 34.3 Å². The van der Waals surface area contributed by atoms with Crippen molar-refractivity contribution in [1.29, 1.82) is 5.26 Å². The molecule has 2 fully saturated rings. The standard InChI is InChI=1S/C27H32F5N5O4S/c1-27(2)14-19(10-12-41-27)35-25(38)24(18-5-4-11-34-15-18)37(26(39)23-13-21(40-3)16-36(23)17-33)20-6-8-22(9-7-20)42(28,29,30,31)32/h4-9,11,15,19,21,23-24H,10,12-14,16H2,1-3H3,(H,35,38)/t19?,21-,23-,24-/m1/s1. The van der Waals surface area contributed by atoms with Gasteiger partial charge in [0, 0.05) is 49.8 Å². The largest absolute Gasteiger partial charge is 0.379 e.